The largest absolute Gasteiger partial charge is 0.488 e. The Kier molecular flexibility index (Phi) is 3.80. The summed E-state index contributed by atoms with van der Waals surface area (Å²) in [4.78, 5) is 4.50. The van der Waals surface area contributed by atoms with Crippen molar-refractivity contribution in [2.24, 2.45) is 0 Å². The van der Waals surface area contributed by atoms with Gasteiger partial charge in [-0.25, -0.2) is 0 Å². The standard InChI is InChI=1S/C17H15BrN2O/c1-11-7-17(15-9-14(19)5-6-16(15)20-11)21-10-12-3-2-4-13(18)8-12/h2-9H,10,19H2,1H3. The molecule has 0 spiro atoms. The molecule has 0 radical (unpaired) electrons. The zero-order chi connectivity index (χ0) is 14.8. The van der Waals surface area contributed by atoms with Crippen LogP contribution in [0, 0.1) is 6.92 Å². The number of benzene rings is 2. The summed E-state index contributed by atoms with van der Waals surface area (Å²) in [5.74, 6) is 0.810. The SMILES string of the molecule is Cc1cc(OCc2cccc(Br)c2)c2cc(N)ccc2n1. The fourth-order valence-electron chi connectivity index (χ4n) is 2.25. The van der Waals surface area contributed by atoms with Crippen LogP contribution in [0.4, 0.5) is 5.69 Å². The second-order valence-corrected chi connectivity index (χ2v) is 5.87. The molecule has 0 aliphatic rings. The molecule has 21 heavy (non-hydrogen) atoms. The van der Waals surface area contributed by atoms with Crippen molar-refractivity contribution >= 4 is 32.5 Å². The third-order valence-corrected chi connectivity index (χ3v) is 3.70. The van der Waals surface area contributed by atoms with Gasteiger partial charge in [-0.15, -0.1) is 0 Å². The molecule has 0 fully saturated rings. The Labute approximate surface area is 131 Å². The van der Waals surface area contributed by atoms with Crippen LogP contribution in [0.1, 0.15) is 11.3 Å². The Balaban J connectivity index is 1.94. The normalized spacial score (nSPS) is 10.8. The third-order valence-electron chi connectivity index (χ3n) is 3.21. The van der Waals surface area contributed by atoms with E-state index in [2.05, 4.69) is 20.9 Å². The lowest BCUT2D eigenvalue weighted by Gasteiger charge is -2.11. The number of hydrogen-bond donors (Lipinski definition) is 1. The van der Waals surface area contributed by atoms with E-state index in [-0.39, 0.29) is 0 Å². The van der Waals surface area contributed by atoms with E-state index in [1.54, 1.807) is 0 Å². The van der Waals surface area contributed by atoms with Gasteiger partial charge in [0.05, 0.1) is 5.52 Å². The number of nitrogens with zero attached hydrogens (tertiary/aromatic N) is 1. The zero-order valence-corrected chi connectivity index (χ0v) is 13.2. The number of anilines is 1. The minimum atomic E-state index is 0.507. The number of fused-ring (bicyclic) bond motifs is 1. The Morgan fingerprint density at radius 2 is 2.00 bits per heavy atom. The minimum Gasteiger partial charge on any atom is -0.488 e. The van der Waals surface area contributed by atoms with Gasteiger partial charge in [0.15, 0.2) is 0 Å². The maximum atomic E-state index is 5.98. The molecule has 106 valence electrons. The zero-order valence-electron chi connectivity index (χ0n) is 11.6. The first-order chi connectivity index (χ1) is 10.1. The van der Waals surface area contributed by atoms with Crippen molar-refractivity contribution in [2.75, 3.05) is 5.73 Å². The molecule has 0 saturated heterocycles. The minimum absolute atomic E-state index is 0.507. The average molecular weight is 343 g/mol. The van der Waals surface area contributed by atoms with Crippen molar-refractivity contribution < 1.29 is 4.74 Å². The van der Waals surface area contributed by atoms with Gasteiger partial charge in [0, 0.05) is 27.3 Å². The van der Waals surface area contributed by atoms with Gasteiger partial charge in [-0.2, -0.15) is 0 Å². The van der Waals surface area contributed by atoms with E-state index in [0.29, 0.717) is 12.3 Å². The Bertz CT molecular complexity index is 802. The highest BCUT2D eigenvalue weighted by Gasteiger charge is 2.06. The quantitative estimate of drug-likeness (QED) is 0.714. The van der Waals surface area contributed by atoms with Crippen molar-refractivity contribution in [3.63, 3.8) is 0 Å². The molecular weight excluding hydrogens is 328 g/mol. The highest BCUT2D eigenvalue weighted by atomic mass is 79.9. The second-order valence-electron chi connectivity index (χ2n) is 4.96. The monoisotopic (exact) mass is 342 g/mol. The lowest BCUT2D eigenvalue weighted by molar-refractivity contribution is 0.309. The summed E-state index contributed by atoms with van der Waals surface area (Å²) in [5.41, 5.74) is 9.51. The van der Waals surface area contributed by atoms with Gasteiger partial charge in [0.2, 0.25) is 0 Å². The molecule has 1 aromatic heterocycles. The Hall–Kier alpha value is -2.07. The Morgan fingerprint density at radius 3 is 2.81 bits per heavy atom. The smallest absolute Gasteiger partial charge is 0.131 e. The van der Waals surface area contributed by atoms with Gasteiger partial charge in [-0.1, -0.05) is 28.1 Å². The molecule has 0 unspecified atom stereocenters. The average Bonchev–Trinajstić information content (AvgIpc) is 2.45. The van der Waals surface area contributed by atoms with Gasteiger partial charge in [0.1, 0.15) is 12.4 Å². The van der Waals surface area contributed by atoms with Gasteiger partial charge >= 0.3 is 0 Å². The van der Waals surface area contributed by atoms with E-state index < -0.39 is 0 Å². The highest BCUT2D eigenvalue weighted by Crippen LogP contribution is 2.28. The van der Waals surface area contributed by atoms with E-state index in [4.69, 9.17) is 10.5 Å². The summed E-state index contributed by atoms with van der Waals surface area (Å²) in [7, 11) is 0. The number of nitrogens with two attached hydrogens (primary N) is 1. The number of ether oxygens (including phenoxy) is 1. The first kappa shape index (κ1) is 13.9. The predicted molar refractivity (Wildman–Crippen MR) is 89.4 cm³/mol. The van der Waals surface area contributed by atoms with Crippen LogP contribution in [0.5, 0.6) is 5.75 Å². The molecule has 2 aromatic carbocycles. The molecule has 0 atom stereocenters. The Morgan fingerprint density at radius 1 is 1.14 bits per heavy atom. The number of pyridine rings is 1. The van der Waals surface area contributed by atoms with Crippen LogP contribution < -0.4 is 10.5 Å². The van der Waals surface area contributed by atoms with Crippen LogP contribution >= 0.6 is 15.9 Å². The maximum absolute atomic E-state index is 5.98. The van der Waals surface area contributed by atoms with Crippen LogP contribution in [0.15, 0.2) is 53.0 Å². The fraction of sp³-hybridized carbons (Fsp3) is 0.118. The summed E-state index contributed by atoms with van der Waals surface area (Å²) in [5, 5.41) is 0.940. The van der Waals surface area contributed by atoms with Crippen molar-refractivity contribution in [1.82, 2.24) is 4.98 Å². The van der Waals surface area contributed by atoms with E-state index >= 15 is 0 Å². The van der Waals surface area contributed by atoms with Crippen molar-refractivity contribution in [3.8, 4) is 5.75 Å². The first-order valence-corrected chi connectivity index (χ1v) is 7.45. The van der Waals surface area contributed by atoms with Crippen LogP contribution in [-0.4, -0.2) is 4.98 Å². The van der Waals surface area contributed by atoms with Gasteiger partial charge in [-0.3, -0.25) is 4.98 Å². The maximum Gasteiger partial charge on any atom is 0.131 e. The first-order valence-electron chi connectivity index (χ1n) is 6.66. The molecule has 3 nitrogen and oxygen atoms in total. The molecule has 0 amide bonds. The number of aromatic nitrogens is 1. The van der Waals surface area contributed by atoms with E-state index in [0.717, 1.165) is 32.4 Å². The highest BCUT2D eigenvalue weighted by molar-refractivity contribution is 9.10. The molecule has 1 heterocycles. The summed E-state index contributed by atoms with van der Waals surface area (Å²) in [6.07, 6.45) is 0. The molecule has 3 rings (SSSR count). The topological polar surface area (TPSA) is 48.1 Å². The molecule has 0 saturated carbocycles. The van der Waals surface area contributed by atoms with Gasteiger partial charge in [-0.05, 0) is 42.8 Å². The number of nitrogen functional groups attached to an aromatic ring is 1. The number of rotatable bonds is 3. The lowest BCUT2D eigenvalue weighted by Crippen LogP contribution is -1.98. The second kappa shape index (κ2) is 5.74. The van der Waals surface area contributed by atoms with Crippen molar-refractivity contribution in [1.29, 1.82) is 0 Å². The fourth-order valence-corrected chi connectivity index (χ4v) is 2.69. The molecule has 0 aliphatic carbocycles. The molecule has 2 N–H and O–H groups in total. The summed E-state index contributed by atoms with van der Waals surface area (Å²) in [6.45, 7) is 2.47. The summed E-state index contributed by atoms with van der Waals surface area (Å²) < 4.78 is 7.02. The van der Waals surface area contributed by atoms with Crippen LogP contribution in [0.25, 0.3) is 10.9 Å². The van der Waals surface area contributed by atoms with E-state index in [1.165, 1.54) is 0 Å². The number of halogens is 1. The molecule has 3 aromatic rings. The van der Waals surface area contributed by atoms with Gasteiger partial charge in [0.25, 0.3) is 0 Å². The molecule has 4 heteroatoms. The van der Waals surface area contributed by atoms with Gasteiger partial charge < -0.3 is 10.5 Å². The number of hydrogen-bond acceptors (Lipinski definition) is 3. The molecule has 0 aliphatic heterocycles. The molecule has 0 bridgehead atoms. The predicted octanol–water partition coefficient (Wildman–Crippen LogP) is 4.47. The van der Waals surface area contributed by atoms with Crippen molar-refractivity contribution in [3.05, 3.63) is 64.3 Å². The van der Waals surface area contributed by atoms with Crippen LogP contribution in [0.3, 0.4) is 0 Å². The van der Waals surface area contributed by atoms with Crippen molar-refractivity contribution in [2.45, 2.75) is 13.5 Å². The van der Waals surface area contributed by atoms with Crippen LogP contribution in [0.2, 0.25) is 0 Å². The summed E-state index contributed by atoms with van der Waals surface area (Å²) >= 11 is 3.47. The summed E-state index contributed by atoms with van der Waals surface area (Å²) in [6, 6.07) is 15.7. The number of aryl methyl sites for hydroxylation is 1. The van der Waals surface area contributed by atoms with Crippen LogP contribution in [-0.2, 0) is 6.61 Å². The third kappa shape index (κ3) is 3.16. The van der Waals surface area contributed by atoms with E-state index in [9.17, 15) is 0 Å². The molecular formula is C17H15BrN2O. The lowest BCUT2D eigenvalue weighted by atomic mass is 10.1. The van der Waals surface area contributed by atoms with E-state index in [1.807, 2.05) is 55.5 Å².